The van der Waals surface area contributed by atoms with E-state index in [0.717, 1.165) is 33.1 Å². The lowest BCUT2D eigenvalue weighted by atomic mass is 10.1. The first-order valence-electron chi connectivity index (χ1n) is 6.83. The summed E-state index contributed by atoms with van der Waals surface area (Å²) >= 11 is 6.11. The number of benzene rings is 2. The largest absolute Gasteiger partial charge is 0.353 e. The molecule has 1 N–H and O–H groups in total. The molecule has 0 saturated heterocycles. The predicted molar refractivity (Wildman–Crippen MR) is 88.8 cm³/mol. The van der Waals surface area contributed by atoms with Crippen LogP contribution in [0.25, 0.3) is 33.1 Å². The van der Waals surface area contributed by atoms with Gasteiger partial charge in [-0.1, -0.05) is 23.7 Å². The lowest BCUT2D eigenvalue weighted by Crippen LogP contribution is -1.85. The lowest BCUT2D eigenvalue weighted by molar-refractivity contribution is 1.34. The quantitative estimate of drug-likeness (QED) is 0.543. The molecule has 0 bridgehead atoms. The smallest absolute Gasteiger partial charge is 0.0991 e. The summed E-state index contributed by atoms with van der Waals surface area (Å²) in [7, 11) is 0. The summed E-state index contributed by atoms with van der Waals surface area (Å²) in [4.78, 5) is 7.92. The Bertz CT molecular complexity index is 1040. The summed E-state index contributed by atoms with van der Waals surface area (Å²) in [6, 6.07) is 17.3. The molecule has 0 amide bonds. The normalized spacial score (nSPS) is 10.9. The Kier molecular flexibility index (Phi) is 2.85. The average Bonchev–Trinajstić information content (AvgIpc) is 2.93. The number of hydrogen-bond donors (Lipinski definition) is 1. The minimum atomic E-state index is 0.638. The van der Waals surface area contributed by atoms with Gasteiger partial charge < -0.3 is 4.98 Å². The van der Waals surface area contributed by atoms with Gasteiger partial charge in [0.1, 0.15) is 0 Å². The number of fused-ring (bicyclic) bond motifs is 3. The van der Waals surface area contributed by atoms with Gasteiger partial charge in [0.15, 0.2) is 0 Å². The van der Waals surface area contributed by atoms with E-state index >= 15 is 0 Å². The number of nitrogens with zero attached hydrogens (tertiary/aromatic N) is 2. The van der Waals surface area contributed by atoms with Gasteiger partial charge in [0.25, 0.3) is 0 Å². The van der Waals surface area contributed by atoms with Crippen LogP contribution in [-0.2, 0) is 0 Å². The van der Waals surface area contributed by atoms with Crippen molar-refractivity contribution < 1.29 is 0 Å². The number of hydrogen-bond acceptors (Lipinski definition) is 2. The summed E-state index contributed by atoms with van der Waals surface area (Å²) in [5.74, 6) is 0. The van der Waals surface area contributed by atoms with Gasteiger partial charge in [-0.25, -0.2) is 0 Å². The molecule has 0 aliphatic carbocycles. The minimum Gasteiger partial charge on any atom is -0.353 e. The summed E-state index contributed by atoms with van der Waals surface area (Å²) in [5.41, 5.74) is 4.49. The summed E-state index contributed by atoms with van der Waals surface area (Å²) < 4.78 is 0. The van der Waals surface area contributed by atoms with E-state index in [1.165, 1.54) is 0 Å². The highest BCUT2D eigenvalue weighted by Gasteiger charge is 2.11. The first kappa shape index (κ1) is 12.9. The van der Waals surface area contributed by atoms with E-state index in [9.17, 15) is 0 Å². The SMILES string of the molecule is N#Cc1ccc(-c2nccc3c2[nH]c2ccc(Cl)cc23)cc1. The Morgan fingerprint density at radius 3 is 2.59 bits per heavy atom. The van der Waals surface area contributed by atoms with Crippen molar-refractivity contribution in [3.63, 3.8) is 0 Å². The number of nitriles is 1. The van der Waals surface area contributed by atoms with Gasteiger partial charge in [-0.2, -0.15) is 5.26 Å². The summed E-state index contributed by atoms with van der Waals surface area (Å²) in [5, 5.41) is 11.8. The van der Waals surface area contributed by atoms with Crippen molar-refractivity contribution in [3.8, 4) is 17.3 Å². The van der Waals surface area contributed by atoms with Crippen LogP contribution < -0.4 is 0 Å². The highest BCUT2D eigenvalue weighted by atomic mass is 35.5. The second-order valence-corrected chi connectivity index (χ2v) is 5.52. The number of halogens is 1. The molecule has 0 unspecified atom stereocenters. The maximum absolute atomic E-state index is 8.91. The zero-order valence-electron chi connectivity index (χ0n) is 11.5. The molecule has 0 saturated carbocycles. The Morgan fingerprint density at radius 2 is 1.82 bits per heavy atom. The summed E-state index contributed by atoms with van der Waals surface area (Å²) in [6.07, 6.45) is 1.80. The fraction of sp³-hybridized carbons (Fsp3) is 0. The molecule has 0 atom stereocenters. The molecule has 0 aliphatic heterocycles. The van der Waals surface area contributed by atoms with E-state index < -0.39 is 0 Å². The van der Waals surface area contributed by atoms with E-state index in [-0.39, 0.29) is 0 Å². The first-order valence-corrected chi connectivity index (χ1v) is 7.20. The molecule has 0 spiro atoms. The number of aromatic nitrogens is 2. The lowest BCUT2D eigenvalue weighted by Gasteiger charge is -2.02. The summed E-state index contributed by atoms with van der Waals surface area (Å²) in [6.45, 7) is 0. The Labute approximate surface area is 131 Å². The van der Waals surface area contributed by atoms with Crippen LogP contribution in [0.1, 0.15) is 5.56 Å². The maximum atomic E-state index is 8.91. The number of aromatic amines is 1. The van der Waals surface area contributed by atoms with Crippen LogP contribution in [-0.4, -0.2) is 9.97 Å². The molecule has 0 fully saturated rings. The van der Waals surface area contributed by atoms with Crippen molar-refractivity contribution in [3.05, 3.63) is 65.3 Å². The van der Waals surface area contributed by atoms with Gasteiger partial charge >= 0.3 is 0 Å². The molecule has 0 aliphatic rings. The topological polar surface area (TPSA) is 52.5 Å². The van der Waals surface area contributed by atoms with Crippen LogP contribution in [0.3, 0.4) is 0 Å². The van der Waals surface area contributed by atoms with Gasteiger partial charge in [-0.3, -0.25) is 4.98 Å². The zero-order chi connectivity index (χ0) is 15.1. The second-order valence-electron chi connectivity index (χ2n) is 5.09. The van der Waals surface area contributed by atoms with Crippen molar-refractivity contribution in [2.75, 3.05) is 0 Å². The van der Waals surface area contributed by atoms with Crippen molar-refractivity contribution in [1.82, 2.24) is 9.97 Å². The average molecular weight is 304 g/mol. The standard InChI is InChI=1S/C18H10ClN3/c19-13-5-6-16-15(9-13)14-7-8-21-17(18(14)22-16)12-3-1-11(10-20)2-4-12/h1-9,22H. The molecule has 3 nitrogen and oxygen atoms in total. The number of H-pyrrole nitrogens is 1. The monoisotopic (exact) mass is 303 g/mol. The molecule has 2 heterocycles. The minimum absolute atomic E-state index is 0.638. The fourth-order valence-corrected chi connectivity index (χ4v) is 2.89. The number of pyridine rings is 1. The van der Waals surface area contributed by atoms with Gasteiger partial charge in [0.05, 0.1) is 22.8 Å². The Morgan fingerprint density at radius 1 is 1.00 bits per heavy atom. The first-order chi connectivity index (χ1) is 10.8. The van der Waals surface area contributed by atoms with Crippen LogP contribution in [0.5, 0.6) is 0 Å². The third-order valence-electron chi connectivity index (χ3n) is 3.77. The van der Waals surface area contributed by atoms with E-state index in [1.807, 2.05) is 36.4 Å². The van der Waals surface area contributed by atoms with Crippen LogP contribution in [0.15, 0.2) is 54.7 Å². The second kappa shape index (κ2) is 4.87. The van der Waals surface area contributed by atoms with Crippen molar-refractivity contribution >= 4 is 33.4 Å². The molecule has 0 radical (unpaired) electrons. The zero-order valence-corrected chi connectivity index (χ0v) is 12.2. The molecule has 22 heavy (non-hydrogen) atoms. The van der Waals surface area contributed by atoms with Crippen molar-refractivity contribution in [2.45, 2.75) is 0 Å². The molecule has 104 valence electrons. The van der Waals surface area contributed by atoms with Gasteiger partial charge in [-0.15, -0.1) is 0 Å². The molecular weight excluding hydrogens is 294 g/mol. The van der Waals surface area contributed by atoms with Crippen LogP contribution in [0, 0.1) is 11.3 Å². The Balaban J connectivity index is 2.01. The molecule has 4 aromatic rings. The van der Waals surface area contributed by atoms with Crippen molar-refractivity contribution in [1.29, 1.82) is 5.26 Å². The number of rotatable bonds is 1. The van der Waals surface area contributed by atoms with Gasteiger partial charge in [0.2, 0.25) is 0 Å². The predicted octanol–water partition coefficient (Wildman–Crippen LogP) is 4.91. The molecule has 2 aromatic carbocycles. The van der Waals surface area contributed by atoms with Crippen molar-refractivity contribution in [2.24, 2.45) is 0 Å². The third-order valence-corrected chi connectivity index (χ3v) is 4.00. The van der Waals surface area contributed by atoms with E-state index in [2.05, 4.69) is 16.0 Å². The van der Waals surface area contributed by atoms with E-state index in [0.29, 0.717) is 10.6 Å². The highest BCUT2D eigenvalue weighted by molar-refractivity contribution is 6.32. The van der Waals surface area contributed by atoms with Gasteiger partial charge in [-0.05, 0) is 36.4 Å². The molecule has 4 rings (SSSR count). The van der Waals surface area contributed by atoms with E-state index in [4.69, 9.17) is 16.9 Å². The number of nitrogens with one attached hydrogen (secondary N) is 1. The maximum Gasteiger partial charge on any atom is 0.0991 e. The Hall–Kier alpha value is -2.83. The molecular formula is C18H10ClN3. The molecule has 2 aromatic heterocycles. The van der Waals surface area contributed by atoms with Crippen LogP contribution >= 0.6 is 11.6 Å². The highest BCUT2D eigenvalue weighted by Crippen LogP contribution is 2.32. The van der Waals surface area contributed by atoms with Crippen LogP contribution in [0.4, 0.5) is 0 Å². The van der Waals surface area contributed by atoms with E-state index in [1.54, 1.807) is 18.3 Å². The van der Waals surface area contributed by atoms with Gasteiger partial charge in [0, 0.05) is 33.1 Å². The van der Waals surface area contributed by atoms with Crippen LogP contribution in [0.2, 0.25) is 5.02 Å². The fourth-order valence-electron chi connectivity index (χ4n) is 2.72. The molecule has 4 heteroatoms. The third kappa shape index (κ3) is 1.93.